The lowest BCUT2D eigenvalue weighted by molar-refractivity contribution is -0.125. The monoisotopic (exact) mass is 196 g/mol. The van der Waals surface area contributed by atoms with Gasteiger partial charge in [0.05, 0.1) is 0 Å². The van der Waals surface area contributed by atoms with Crippen LogP contribution in [0.25, 0.3) is 0 Å². The maximum absolute atomic E-state index is 11.7. The van der Waals surface area contributed by atoms with E-state index in [0.717, 1.165) is 25.7 Å². The van der Waals surface area contributed by atoms with E-state index in [9.17, 15) is 4.79 Å². The Morgan fingerprint density at radius 3 is 2.93 bits per heavy atom. The summed E-state index contributed by atoms with van der Waals surface area (Å²) in [6.45, 7) is 5.64. The Labute approximate surface area is 85.7 Å². The third-order valence-electron chi connectivity index (χ3n) is 2.75. The topological polar surface area (TPSA) is 55.1 Å². The normalized spacial score (nSPS) is 28.4. The van der Waals surface area contributed by atoms with Crippen molar-refractivity contribution >= 4 is 5.91 Å². The summed E-state index contributed by atoms with van der Waals surface area (Å²) in [5.41, 5.74) is 5.76. The molecule has 0 heterocycles. The molecule has 0 spiro atoms. The highest BCUT2D eigenvalue weighted by molar-refractivity contribution is 5.79. The fraction of sp³-hybridized carbons (Fsp3) is 0.727. The van der Waals surface area contributed by atoms with Crippen LogP contribution in [-0.4, -0.2) is 18.0 Å². The minimum Gasteiger partial charge on any atom is -0.353 e. The average Bonchev–Trinajstić information content (AvgIpc) is 2.52. The smallest absolute Gasteiger partial charge is 0.223 e. The van der Waals surface area contributed by atoms with Crippen LogP contribution in [0.2, 0.25) is 0 Å². The molecule has 3 atom stereocenters. The van der Waals surface area contributed by atoms with Gasteiger partial charge in [0.25, 0.3) is 0 Å². The van der Waals surface area contributed by atoms with Gasteiger partial charge in [-0.3, -0.25) is 4.79 Å². The maximum Gasteiger partial charge on any atom is 0.223 e. The van der Waals surface area contributed by atoms with Crippen LogP contribution in [0.15, 0.2) is 12.7 Å². The Morgan fingerprint density at radius 1 is 1.71 bits per heavy atom. The molecule has 1 fully saturated rings. The fourth-order valence-electron chi connectivity index (χ4n) is 1.92. The van der Waals surface area contributed by atoms with Gasteiger partial charge in [-0.2, -0.15) is 0 Å². The molecule has 3 nitrogen and oxygen atoms in total. The molecule has 1 amide bonds. The zero-order valence-corrected chi connectivity index (χ0v) is 8.83. The zero-order valence-electron chi connectivity index (χ0n) is 8.83. The summed E-state index contributed by atoms with van der Waals surface area (Å²) in [7, 11) is 0. The fourth-order valence-corrected chi connectivity index (χ4v) is 1.92. The van der Waals surface area contributed by atoms with Gasteiger partial charge in [0, 0.05) is 18.0 Å². The van der Waals surface area contributed by atoms with Gasteiger partial charge in [0.15, 0.2) is 0 Å². The van der Waals surface area contributed by atoms with E-state index >= 15 is 0 Å². The van der Waals surface area contributed by atoms with E-state index in [1.807, 2.05) is 13.0 Å². The van der Waals surface area contributed by atoms with Crippen LogP contribution in [-0.2, 0) is 4.79 Å². The second-order valence-electron chi connectivity index (χ2n) is 4.20. The summed E-state index contributed by atoms with van der Waals surface area (Å²) in [5, 5.41) is 2.98. The largest absolute Gasteiger partial charge is 0.353 e. The predicted octanol–water partition coefficient (Wildman–Crippen LogP) is 1.19. The minimum absolute atomic E-state index is 0.136. The number of nitrogens with two attached hydrogens (primary N) is 1. The molecular weight excluding hydrogens is 176 g/mol. The molecule has 1 aliphatic carbocycles. The number of amides is 1. The predicted molar refractivity (Wildman–Crippen MR) is 57.7 cm³/mol. The van der Waals surface area contributed by atoms with Crippen LogP contribution in [0, 0.1) is 5.92 Å². The lowest BCUT2D eigenvalue weighted by Crippen LogP contribution is -2.36. The van der Waals surface area contributed by atoms with Crippen molar-refractivity contribution in [2.24, 2.45) is 11.7 Å². The standard InChI is InChI=1S/C11H20N2O/c1-3-4-8(2)13-11(14)9-5-6-10(12)7-9/h3,8-10H,1,4-7,12H2,2H3,(H,13,14). The second-order valence-corrected chi connectivity index (χ2v) is 4.20. The van der Waals surface area contributed by atoms with Gasteiger partial charge in [-0.15, -0.1) is 6.58 Å². The number of carbonyl (C=O) groups excluding carboxylic acids is 1. The molecular formula is C11H20N2O. The first kappa shape index (κ1) is 11.2. The van der Waals surface area contributed by atoms with Gasteiger partial charge in [-0.05, 0) is 32.6 Å². The highest BCUT2D eigenvalue weighted by Crippen LogP contribution is 2.24. The highest BCUT2D eigenvalue weighted by Gasteiger charge is 2.27. The third kappa shape index (κ3) is 3.14. The second kappa shape index (κ2) is 5.15. The van der Waals surface area contributed by atoms with Crippen molar-refractivity contribution in [2.75, 3.05) is 0 Å². The molecule has 0 saturated heterocycles. The summed E-state index contributed by atoms with van der Waals surface area (Å²) in [6.07, 6.45) is 5.41. The molecule has 0 aliphatic heterocycles. The molecule has 1 aliphatic rings. The molecule has 0 radical (unpaired) electrons. The van der Waals surface area contributed by atoms with E-state index < -0.39 is 0 Å². The van der Waals surface area contributed by atoms with Gasteiger partial charge in [-0.25, -0.2) is 0 Å². The summed E-state index contributed by atoms with van der Waals surface area (Å²) in [5.74, 6) is 0.296. The van der Waals surface area contributed by atoms with Crippen molar-refractivity contribution in [1.29, 1.82) is 0 Å². The summed E-state index contributed by atoms with van der Waals surface area (Å²) < 4.78 is 0. The Kier molecular flexibility index (Phi) is 4.14. The van der Waals surface area contributed by atoms with E-state index in [1.165, 1.54) is 0 Å². The molecule has 0 aromatic carbocycles. The van der Waals surface area contributed by atoms with Crippen LogP contribution >= 0.6 is 0 Å². The summed E-state index contributed by atoms with van der Waals surface area (Å²) in [6, 6.07) is 0.414. The summed E-state index contributed by atoms with van der Waals surface area (Å²) >= 11 is 0. The number of hydrogen-bond donors (Lipinski definition) is 2. The lowest BCUT2D eigenvalue weighted by atomic mass is 10.1. The molecule has 1 rings (SSSR count). The van der Waals surface area contributed by atoms with E-state index in [4.69, 9.17) is 5.73 Å². The van der Waals surface area contributed by atoms with Crippen LogP contribution < -0.4 is 11.1 Å². The number of rotatable bonds is 4. The Balaban J connectivity index is 2.31. The molecule has 1 saturated carbocycles. The van der Waals surface area contributed by atoms with Crippen molar-refractivity contribution in [3.8, 4) is 0 Å². The highest BCUT2D eigenvalue weighted by atomic mass is 16.1. The van der Waals surface area contributed by atoms with Crippen molar-refractivity contribution in [3.63, 3.8) is 0 Å². The van der Waals surface area contributed by atoms with Gasteiger partial charge >= 0.3 is 0 Å². The first-order valence-corrected chi connectivity index (χ1v) is 5.30. The van der Waals surface area contributed by atoms with Gasteiger partial charge < -0.3 is 11.1 Å². The third-order valence-corrected chi connectivity index (χ3v) is 2.75. The molecule has 3 unspecified atom stereocenters. The van der Waals surface area contributed by atoms with E-state index in [-0.39, 0.29) is 23.9 Å². The van der Waals surface area contributed by atoms with Crippen LogP contribution in [0.5, 0.6) is 0 Å². The van der Waals surface area contributed by atoms with Crippen LogP contribution in [0.4, 0.5) is 0 Å². The molecule has 0 bridgehead atoms. The lowest BCUT2D eigenvalue weighted by Gasteiger charge is -2.15. The molecule has 3 N–H and O–H groups in total. The van der Waals surface area contributed by atoms with Crippen molar-refractivity contribution in [2.45, 2.75) is 44.7 Å². The van der Waals surface area contributed by atoms with E-state index in [1.54, 1.807) is 0 Å². The SMILES string of the molecule is C=CCC(C)NC(=O)C1CCC(N)C1. The number of nitrogens with one attached hydrogen (secondary N) is 1. The van der Waals surface area contributed by atoms with Crippen molar-refractivity contribution < 1.29 is 4.79 Å². The van der Waals surface area contributed by atoms with Gasteiger partial charge in [-0.1, -0.05) is 6.08 Å². The molecule has 14 heavy (non-hydrogen) atoms. The quantitative estimate of drug-likeness (QED) is 0.664. The Hall–Kier alpha value is -0.830. The Bertz CT molecular complexity index is 215. The Morgan fingerprint density at radius 2 is 2.43 bits per heavy atom. The van der Waals surface area contributed by atoms with Crippen LogP contribution in [0.1, 0.15) is 32.6 Å². The number of hydrogen-bond acceptors (Lipinski definition) is 2. The zero-order chi connectivity index (χ0) is 10.6. The van der Waals surface area contributed by atoms with Gasteiger partial charge in [0.1, 0.15) is 0 Å². The molecule has 3 heteroatoms. The van der Waals surface area contributed by atoms with Crippen LogP contribution in [0.3, 0.4) is 0 Å². The number of carbonyl (C=O) groups is 1. The molecule has 80 valence electrons. The first-order valence-electron chi connectivity index (χ1n) is 5.30. The molecule has 0 aromatic rings. The maximum atomic E-state index is 11.7. The van der Waals surface area contributed by atoms with E-state index in [2.05, 4.69) is 11.9 Å². The minimum atomic E-state index is 0.136. The van der Waals surface area contributed by atoms with Crippen molar-refractivity contribution in [3.05, 3.63) is 12.7 Å². The molecule has 0 aromatic heterocycles. The summed E-state index contributed by atoms with van der Waals surface area (Å²) in [4.78, 5) is 11.7. The van der Waals surface area contributed by atoms with E-state index in [0.29, 0.717) is 0 Å². The van der Waals surface area contributed by atoms with Gasteiger partial charge in [0.2, 0.25) is 5.91 Å². The van der Waals surface area contributed by atoms with Crippen molar-refractivity contribution in [1.82, 2.24) is 5.32 Å². The first-order chi connectivity index (χ1) is 6.63. The average molecular weight is 196 g/mol.